The third kappa shape index (κ3) is 6.12. The van der Waals surface area contributed by atoms with Crippen LogP contribution in [0.15, 0.2) is 53.7 Å². The monoisotopic (exact) mass is 641 g/mol. The molecule has 0 bridgehead atoms. The zero-order valence-electron chi connectivity index (χ0n) is 25.1. The van der Waals surface area contributed by atoms with Gasteiger partial charge in [0.15, 0.2) is 21.5 Å². The number of benzene rings is 2. The van der Waals surface area contributed by atoms with Crippen molar-refractivity contribution in [2.24, 2.45) is 5.73 Å². The van der Waals surface area contributed by atoms with Crippen LogP contribution in [-0.4, -0.2) is 69.9 Å². The Bertz CT molecular complexity index is 1830. The van der Waals surface area contributed by atoms with Gasteiger partial charge < -0.3 is 30.8 Å². The number of nitrogens with two attached hydrogens (primary N) is 1. The van der Waals surface area contributed by atoms with Crippen molar-refractivity contribution in [2.75, 3.05) is 24.2 Å². The van der Waals surface area contributed by atoms with E-state index in [2.05, 4.69) is 20.6 Å². The number of amides is 1. The summed E-state index contributed by atoms with van der Waals surface area (Å²) in [7, 11) is -1.75. The Morgan fingerprint density at radius 3 is 2.55 bits per heavy atom. The van der Waals surface area contributed by atoms with Crippen molar-refractivity contribution in [1.29, 1.82) is 0 Å². The minimum Gasteiger partial charge on any atom is -0.494 e. The van der Waals surface area contributed by atoms with Crippen LogP contribution in [-0.2, 0) is 14.6 Å². The number of likely N-dealkylation sites (N-methyl/N-ethyl adjacent to an activating group) is 1. The lowest BCUT2D eigenvalue weighted by Gasteiger charge is -2.17. The Hall–Kier alpha value is -4.07. The number of halogens is 1. The molecule has 0 radical (unpaired) electrons. The van der Waals surface area contributed by atoms with Crippen molar-refractivity contribution < 1.29 is 23.1 Å². The summed E-state index contributed by atoms with van der Waals surface area (Å²) in [4.78, 5) is 22.7. The molecule has 0 aliphatic carbocycles. The normalized spacial score (nSPS) is 17.5. The van der Waals surface area contributed by atoms with E-state index in [1.165, 1.54) is 12.3 Å². The molecule has 1 amide bonds. The lowest BCUT2D eigenvalue weighted by Crippen LogP contribution is -2.37. The summed E-state index contributed by atoms with van der Waals surface area (Å²) in [5.74, 6) is 0.517. The van der Waals surface area contributed by atoms with Gasteiger partial charge in [-0.15, -0.1) is 0 Å². The fourth-order valence-electron chi connectivity index (χ4n) is 5.32. The van der Waals surface area contributed by atoms with Crippen LogP contribution >= 0.6 is 11.6 Å². The van der Waals surface area contributed by atoms with E-state index in [9.17, 15) is 18.3 Å². The van der Waals surface area contributed by atoms with E-state index in [0.29, 0.717) is 35.5 Å². The number of para-hydroxylation sites is 1. The maximum atomic E-state index is 13.0. The van der Waals surface area contributed by atoms with Crippen LogP contribution in [0.2, 0.25) is 5.02 Å². The highest BCUT2D eigenvalue weighted by atomic mass is 35.5. The summed E-state index contributed by atoms with van der Waals surface area (Å²) in [6.07, 6.45) is 3.57. The number of ether oxygens (including phenoxy) is 1. The van der Waals surface area contributed by atoms with Crippen molar-refractivity contribution in [1.82, 2.24) is 19.4 Å². The predicted octanol–water partition coefficient (Wildman–Crippen LogP) is 4.98. The number of hydrogen-bond acceptors (Lipinski definition) is 10. The quantitative estimate of drug-likeness (QED) is 0.186. The van der Waals surface area contributed by atoms with E-state index in [4.69, 9.17) is 22.1 Å². The van der Waals surface area contributed by atoms with Crippen molar-refractivity contribution in [3.05, 3.63) is 53.8 Å². The van der Waals surface area contributed by atoms with Gasteiger partial charge in [-0.25, -0.2) is 13.4 Å². The fourth-order valence-corrected chi connectivity index (χ4v) is 6.66. The number of nitrogens with one attached hydrogen (secondary N) is 2. The van der Waals surface area contributed by atoms with Gasteiger partial charge in [0, 0.05) is 23.5 Å². The Morgan fingerprint density at radius 1 is 1.16 bits per heavy atom. The first-order valence-corrected chi connectivity index (χ1v) is 16.1. The van der Waals surface area contributed by atoms with Gasteiger partial charge in [0.2, 0.25) is 11.9 Å². The molecule has 234 valence electrons. The van der Waals surface area contributed by atoms with Crippen LogP contribution < -0.4 is 21.1 Å². The van der Waals surface area contributed by atoms with E-state index in [-0.39, 0.29) is 39.7 Å². The van der Waals surface area contributed by atoms with Crippen LogP contribution in [0, 0.1) is 0 Å². The summed E-state index contributed by atoms with van der Waals surface area (Å²) in [6, 6.07) is 9.56. The first-order chi connectivity index (χ1) is 20.8. The average molecular weight is 642 g/mol. The second kappa shape index (κ2) is 12.1. The maximum Gasteiger partial charge on any atom is 0.234 e. The molecule has 5 rings (SSSR count). The van der Waals surface area contributed by atoms with E-state index < -0.39 is 27.0 Å². The minimum absolute atomic E-state index is 0.0463. The minimum atomic E-state index is -3.59. The highest BCUT2D eigenvalue weighted by molar-refractivity contribution is 7.92. The lowest BCUT2D eigenvalue weighted by atomic mass is 10.1. The molecule has 2 aromatic carbocycles. The Morgan fingerprint density at radius 2 is 1.89 bits per heavy atom. The number of primary amides is 1. The molecule has 1 aliphatic rings. The van der Waals surface area contributed by atoms with Gasteiger partial charge >= 0.3 is 0 Å². The highest BCUT2D eigenvalue weighted by Gasteiger charge is 2.35. The van der Waals surface area contributed by atoms with Crippen molar-refractivity contribution in [3.63, 3.8) is 0 Å². The van der Waals surface area contributed by atoms with Crippen LogP contribution in [0.5, 0.6) is 11.6 Å². The van der Waals surface area contributed by atoms with Crippen LogP contribution in [0.4, 0.5) is 23.1 Å². The molecular weight excluding hydrogens is 606 g/mol. The number of hydrogen-bond donors (Lipinski definition) is 4. The van der Waals surface area contributed by atoms with E-state index in [1.54, 1.807) is 42.7 Å². The maximum absolute atomic E-state index is 13.0. The molecule has 1 fully saturated rings. The van der Waals surface area contributed by atoms with Gasteiger partial charge in [0.25, 0.3) is 0 Å². The van der Waals surface area contributed by atoms with Crippen molar-refractivity contribution in [2.45, 2.75) is 62.4 Å². The molecule has 44 heavy (non-hydrogen) atoms. The van der Waals surface area contributed by atoms with Crippen LogP contribution in [0.3, 0.4) is 0 Å². The second-order valence-corrected chi connectivity index (χ2v) is 14.3. The number of aromatic nitrogens is 3. The van der Waals surface area contributed by atoms with Gasteiger partial charge in [-0.05, 0) is 65.4 Å². The third-order valence-corrected chi connectivity index (χ3v) is 10.1. The summed E-state index contributed by atoms with van der Waals surface area (Å²) in [5, 5.41) is 18.3. The number of rotatable bonds is 10. The van der Waals surface area contributed by atoms with E-state index in [0.717, 1.165) is 5.39 Å². The largest absolute Gasteiger partial charge is 0.494 e. The lowest BCUT2D eigenvalue weighted by molar-refractivity contribution is -0.121. The first kappa shape index (κ1) is 31.4. The highest BCUT2D eigenvalue weighted by Crippen LogP contribution is 2.41. The zero-order chi connectivity index (χ0) is 31.9. The Kier molecular flexibility index (Phi) is 8.65. The number of likely N-dealkylation sites (tertiary alicyclic amines) is 1. The topological polar surface area (TPSA) is 165 Å². The molecular formula is C30H36ClN7O5S. The van der Waals surface area contributed by atoms with Crippen molar-refractivity contribution >= 4 is 61.3 Å². The summed E-state index contributed by atoms with van der Waals surface area (Å²) in [6.45, 7) is 7.60. The van der Waals surface area contributed by atoms with Crippen LogP contribution in [0.25, 0.3) is 10.8 Å². The standard InChI is InChI=1S/C30H36ClN7O5S/c1-16(2)43-25-10-18-14-38(19-11-24(27(32)39)37(5)15-19)29(40)20(18)12-23(25)35-30-33-13-21(31)28(36-30)34-22-8-6-7-9-26(22)44(41,42)17(3)4/h6-10,12-14,16-17,19,24,40H,11,15H2,1-5H3,(H2,32,39)(H2,33,34,35,36)/t19?,24-/m0/s1. The average Bonchev–Trinajstić information content (AvgIpc) is 3.49. The molecule has 1 aliphatic heterocycles. The van der Waals surface area contributed by atoms with E-state index >= 15 is 0 Å². The summed E-state index contributed by atoms with van der Waals surface area (Å²) in [5.41, 5.74) is 6.40. The molecule has 14 heteroatoms. The summed E-state index contributed by atoms with van der Waals surface area (Å²) >= 11 is 6.42. The fraction of sp³-hybridized carbons (Fsp3) is 0.367. The SMILES string of the molecule is CC(C)Oc1cc2cn(C3C[C@@H](C(N)=O)N(C)C3)c(O)c2cc1Nc1ncc(Cl)c(Nc2ccccc2S(=O)(=O)C(C)C)n1. The molecule has 12 nitrogen and oxygen atoms in total. The smallest absolute Gasteiger partial charge is 0.234 e. The number of aromatic hydroxyl groups is 1. The molecule has 4 aromatic rings. The van der Waals surface area contributed by atoms with Crippen LogP contribution in [0.1, 0.15) is 40.2 Å². The molecule has 3 heterocycles. The molecule has 2 atom stereocenters. The molecule has 1 unspecified atom stereocenters. The number of anilines is 4. The number of carbonyl (C=O) groups excluding carboxylic acids is 1. The second-order valence-electron chi connectivity index (χ2n) is 11.4. The summed E-state index contributed by atoms with van der Waals surface area (Å²) < 4.78 is 33.8. The predicted molar refractivity (Wildman–Crippen MR) is 171 cm³/mol. The van der Waals surface area contributed by atoms with Gasteiger partial charge in [-0.1, -0.05) is 23.7 Å². The molecule has 1 saturated heterocycles. The molecule has 5 N–H and O–H groups in total. The molecule has 0 saturated carbocycles. The molecule has 0 spiro atoms. The Labute approximate surface area is 261 Å². The number of nitrogens with zero attached hydrogens (tertiary/aromatic N) is 4. The Balaban J connectivity index is 1.50. The van der Waals surface area contributed by atoms with Gasteiger partial charge in [0.05, 0.1) is 45.9 Å². The first-order valence-electron chi connectivity index (χ1n) is 14.2. The van der Waals surface area contributed by atoms with E-state index in [1.807, 2.05) is 38.1 Å². The van der Waals surface area contributed by atoms with Gasteiger partial charge in [0.1, 0.15) is 10.8 Å². The van der Waals surface area contributed by atoms with Crippen molar-refractivity contribution in [3.8, 4) is 11.6 Å². The number of sulfone groups is 1. The van der Waals surface area contributed by atoms with Gasteiger partial charge in [-0.3, -0.25) is 9.69 Å². The molecule has 2 aromatic heterocycles. The number of fused-ring (bicyclic) bond motifs is 1. The zero-order valence-corrected chi connectivity index (χ0v) is 26.6. The van der Waals surface area contributed by atoms with Gasteiger partial charge in [-0.2, -0.15) is 4.98 Å². The number of carbonyl (C=O) groups is 1. The third-order valence-electron chi connectivity index (χ3n) is 7.58.